The fourth-order valence-corrected chi connectivity index (χ4v) is 9.11. The van der Waals surface area contributed by atoms with Crippen LogP contribution in [0.25, 0.3) is 11.3 Å². The van der Waals surface area contributed by atoms with Crippen LogP contribution in [0.15, 0.2) is 67.0 Å². The number of carboxylic acids is 1. The first-order valence-electron chi connectivity index (χ1n) is 24.8. The molecule has 0 bridgehead atoms. The van der Waals surface area contributed by atoms with Gasteiger partial charge in [0.15, 0.2) is 5.78 Å². The van der Waals surface area contributed by atoms with Crippen LogP contribution in [0.5, 0.6) is 0 Å². The van der Waals surface area contributed by atoms with Crippen molar-refractivity contribution < 1.29 is 78.0 Å². The van der Waals surface area contributed by atoms with Crippen LogP contribution < -0.4 is 15.6 Å². The second-order valence-electron chi connectivity index (χ2n) is 20.6. The number of carbonyl (C=O) groups excluding carboxylic acids is 3. The quantitative estimate of drug-likeness (QED) is 0.0355. The number of amides is 2. The molecule has 25 heteroatoms. The van der Waals surface area contributed by atoms with Gasteiger partial charge in [-0.1, -0.05) is 44.2 Å². The molecule has 15 nitrogen and oxygen atoms in total. The van der Waals surface area contributed by atoms with Crippen LogP contribution in [0.4, 0.5) is 54.5 Å². The monoisotopic (exact) mass is 1110 g/mol. The topological polar surface area (TPSA) is 182 Å². The van der Waals surface area contributed by atoms with Crippen molar-refractivity contribution in [2.24, 2.45) is 22.7 Å². The summed E-state index contributed by atoms with van der Waals surface area (Å²) >= 11 is 0. The van der Waals surface area contributed by atoms with Gasteiger partial charge in [-0.15, -0.1) is 0 Å². The van der Waals surface area contributed by atoms with E-state index < -0.39 is 121 Å². The number of rotatable bonds is 21. The number of aliphatic hydroxyl groups excluding tert-OH is 1. The van der Waals surface area contributed by atoms with Crippen LogP contribution in [0, 0.1) is 46.1 Å². The van der Waals surface area contributed by atoms with Gasteiger partial charge in [0.1, 0.15) is 23.5 Å². The van der Waals surface area contributed by atoms with Gasteiger partial charge in [-0.2, -0.15) is 40.2 Å². The maximum absolute atomic E-state index is 16.0. The van der Waals surface area contributed by atoms with E-state index in [-0.39, 0.29) is 22.4 Å². The van der Waals surface area contributed by atoms with Crippen LogP contribution in [-0.2, 0) is 32.1 Å². The van der Waals surface area contributed by atoms with E-state index in [2.05, 4.69) is 36.5 Å². The number of aromatic nitrogens is 3. The van der Waals surface area contributed by atoms with Crippen LogP contribution in [0.3, 0.4) is 0 Å². The van der Waals surface area contributed by atoms with E-state index in [1.807, 2.05) is 22.9 Å². The molecule has 4 atom stereocenters. The van der Waals surface area contributed by atoms with Crippen LogP contribution in [0.1, 0.15) is 88.6 Å². The molecule has 0 spiro atoms. The molecule has 78 heavy (non-hydrogen) atoms. The maximum atomic E-state index is 16.0. The zero-order valence-corrected chi connectivity index (χ0v) is 43.2. The van der Waals surface area contributed by atoms with E-state index >= 15 is 8.78 Å². The molecule has 1 aliphatic heterocycles. The molecule has 2 aromatic heterocycles. The third kappa shape index (κ3) is 14.9. The van der Waals surface area contributed by atoms with Gasteiger partial charge in [-0.05, 0) is 87.1 Å². The van der Waals surface area contributed by atoms with Gasteiger partial charge in [-0.25, -0.2) is 28.3 Å². The average molecular weight is 1110 g/mol. The van der Waals surface area contributed by atoms with E-state index in [9.17, 15) is 64.5 Å². The first-order valence-corrected chi connectivity index (χ1v) is 24.8. The Balaban J connectivity index is 1.31. The summed E-state index contributed by atoms with van der Waals surface area (Å²) in [6.45, 7) is 0.630. The van der Waals surface area contributed by atoms with Gasteiger partial charge in [0.25, 0.3) is 0 Å². The highest BCUT2D eigenvalue weighted by Gasteiger charge is 2.57. The summed E-state index contributed by atoms with van der Waals surface area (Å²) in [6.07, 6.45) is -10.4. The molecular weight excluding hydrogens is 1050 g/mol. The standard InChI is InChI=1S/C53H60F10N8O7/c1-50(2,52(58,59)60)38(27-45(74)75)47(76)67-70(29-37-39(54)24-34(25-40(37)55)41-17-18-71(66-41)48(56)57)30-43(73)35(26-42(72)46(65-49(77)78-5)51(3,4)53(61,62)63)23-32-12-9-31(10-13-32)11-14-33-15-16-44(64-28-33)69-21-19-68(20-22-69)36-7-6-8-36/h9-10,12-13,15-18,24-25,28,35-36,38,43,46,48,73H,6-8,19-23,26-27,29-30H2,1-5H3,(H,65,77)(H,67,76)(H,74,75)/t35-,38-,43+,46-/m1/s1. The highest BCUT2D eigenvalue weighted by Crippen LogP contribution is 2.45. The number of hydrogen-bond donors (Lipinski definition) is 4. The Hall–Kier alpha value is -6.78. The number of carbonyl (C=O) groups is 4. The lowest BCUT2D eigenvalue weighted by Gasteiger charge is -2.43. The molecule has 2 fully saturated rings. The van der Waals surface area contributed by atoms with Crippen molar-refractivity contribution in [1.29, 1.82) is 0 Å². The number of Topliss-reactive ketones (excluding diaryl/α,β-unsaturated/α-hetero) is 1. The number of nitrogens with zero attached hydrogens (tertiary/aromatic N) is 6. The van der Waals surface area contributed by atoms with E-state index in [1.54, 1.807) is 18.3 Å². The van der Waals surface area contributed by atoms with Crippen molar-refractivity contribution in [1.82, 2.24) is 35.4 Å². The number of alkyl halides is 8. The van der Waals surface area contributed by atoms with Crippen LogP contribution in [-0.4, -0.2) is 129 Å². The number of piperazine rings is 1. The largest absolute Gasteiger partial charge is 0.481 e. The summed E-state index contributed by atoms with van der Waals surface area (Å²) in [4.78, 5) is 61.6. The molecule has 3 heterocycles. The zero-order valence-electron chi connectivity index (χ0n) is 43.2. The molecule has 1 aliphatic carbocycles. The Labute approximate surface area is 443 Å². The fourth-order valence-electron chi connectivity index (χ4n) is 9.11. The summed E-state index contributed by atoms with van der Waals surface area (Å²) in [5.74, 6) is -4.71. The summed E-state index contributed by atoms with van der Waals surface area (Å²) in [5.41, 5.74) is -4.18. The number of hydrogen-bond acceptors (Lipinski definition) is 11. The van der Waals surface area contributed by atoms with Crippen molar-refractivity contribution in [3.63, 3.8) is 0 Å². The van der Waals surface area contributed by atoms with E-state index in [4.69, 9.17) is 0 Å². The molecule has 0 radical (unpaired) electrons. The second kappa shape index (κ2) is 24.9. The Bertz CT molecular complexity index is 2780. The number of aliphatic hydroxyl groups is 1. The van der Waals surface area contributed by atoms with Crippen LogP contribution in [0.2, 0.25) is 0 Å². The molecule has 2 amide bonds. The van der Waals surface area contributed by atoms with Crippen molar-refractivity contribution in [3.05, 3.63) is 101 Å². The SMILES string of the molecule is COC(=O)N[C@H](C(=O)C[C@@H](Cc1ccc(C#Cc2ccc(N3CCN(C4CCC4)CC3)nc2)cc1)[C@@H](O)CN(Cc1c(F)cc(-c2ccn(C(F)F)n2)cc1F)NC(=O)[C@@H](CC(=O)O)C(C)(C)C(F)(F)F)C(C)(C)C(F)(F)F. The first kappa shape index (κ1) is 60.4. The minimum Gasteiger partial charge on any atom is -0.481 e. The molecule has 2 aliphatic rings. The lowest BCUT2D eigenvalue weighted by atomic mass is 9.75. The predicted molar refractivity (Wildman–Crippen MR) is 263 cm³/mol. The van der Waals surface area contributed by atoms with Gasteiger partial charge in [0.2, 0.25) is 5.91 Å². The lowest BCUT2D eigenvalue weighted by Crippen LogP contribution is -2.57. The highest BCUT2D eigenvalue weighted by atomic mass is 19.4. The third-order valence-electron chi connectivity index (χ3n) is 14.6. The predicted octanol–water partition coefficient (Wildman–Crippen LogP) is 8.70. The van der Waals surface area contributed by atoms with Gasteiger partial charge in [0.05, 0.1) is 42.1 Å². The number of methoxy groups -OCH3 is 1. The van der Waals surface area contributed by atoms with Crippen molar-refractivity contribution in [3.8, 4) is 23.1 Å². The minimum atomic E-state index is -5.21. The summed E-state index contributed by atoms with van der Waals surface area (Å²) in [5, 5.41) is 27.7. The molecule has 0 unspecified atom stereocenters. The maximum Gasteiger partial charge on any atom is 0.407 e. The number of aliphatic carboxylic acids is 1. The van der Waals surface area contributed by atoms with Crippen LogP contribution >= 0.6 is 0 Å². The van der Waals surface area contributed by atoms with Gasteiger partial charge >= 0.3 is 31.0 Å². The molecule has 424 valence electrons. The summed E-state index contributed by atoms with van der Waals surface area (Å²) < 4.78 is 150. The first-order chi connectivity index (χ1) is 36.5. The number of ether oxygens (including phenoxy) is 1. The number of hydrazine groups is 1. The Morgan fingerprint density at radius 3 is 1.96 bits per heavy atom. The molecule has 4 aromatic rings. The number of ketones is 1. The normalized spacial score (nSPS) is 16.4. The van der Waals surface area contributed by atoms with E-state index in [0.717, 1.165) is 51.4 Å². The molecule has 1 saturated carbocycles. The van der Waals surface area contributed by atoms with Gasteiger partial charge in [0, 0.05) is 86.4 Å². The number of alkyl carbamates (subject to hydrolysis) is 1. The molecule has 4 N–H and O–H groups in total. The molecular formula is C53H60F10N8O7. The smallest absolute Gasteiger partial charge is 0.407 e. The van der Waals surface area contributed by atoms with Gasteiger partial charge < -0.3 is 25.2 Å². The second-order valence-corrected chi connectivity index (χ2v) is 20.6. The van der Waals surface area contributed by atoms with Crippen molar-refractivity contribution >= 4 is 29.6 Å². The third-order valence-corrected chi connectivity index (χ3v) is 14.6. The number of anilines is 1. The summed E-state index contributed by atoms with van der Waals surface area (Å²) in [6, 6.07) is 10.6. The Kier molecular flexibility index (Phi) is 19.3. The zero-order chi connectivity index (χ0) is 57.5. The number of pyridine rings is 1. The minimum absolute atomic E-state index is 0.200. The number of nitrogens with one attached hydrogen (secondary N) is 2. The summed E-state index contributed by atoms with van der Waals surface area (Å²) in [7, 11) is 0.837. The number of carboxylic acid groups (broad SMARTS) is 1. The molecule has 1 saturated heterocycles. The lowest BCUT2D eigenvalue weighted by molar-refractivity contribution is -0.230. The Morgan fingerprint density at radius 2 is 1.45 bits per heavy atom. The van der Waals surface area contributed by atoms with E-state index in [0.29, 0.717) is 67.6 Å². The van der Waals surface area contributed by atoms with Gasteiger partial charge in [-0.3, -0.25) is 24.7 Å². The fraction of sp³-hybridized carbons (Fsp3) is 0.509. The van der Waals surface area contributed by atoms with Crippen molar-refractivity contribution in [2.75, 3.05) is 44.7 Å². The Morgan fingerprint density at radius 1 is 0.846 bits per heavy atom. The number of halogens is 10. The molecule has 2 aromatic carbocycles. The van der Waals surface area contributed by atoms with Crippen molar-refractivity contribution in [2.45, 2.75) is 110 Å². The average Bonchev–Trinajstić information content (AvgIpc) is 3.86. The van der Waals surface area contributed by atoms with E-state index in [1.165, 1.54) is 31.4 Å². The number of benzene rings is 2. The molecule has 6 rings (SSSR count). The highest BCUT2D eigenvalue weighted by molar-refractivity contribution is 5.88.